The summed E-state index contributed by atoms with van der Waals surface area (Å²) in [4.78, 5) is 26.2. The van der Waals surface area contributed by atoms with Gasteiger partial charge < -0.3 is 15.0 Å². The number of rotatable bonds is 4. The van der Waals surface area contributed by atoms with E-state index in [-0.39, 0.29) is 23.9 Å². The van der Waals surface area contributed by atoms with Crippen LogP contribution >= 0.6 is 11.8 Å². The number of thioether (sulfide) groups is 1. The van der Waals surface area contributed by atoms with Crippen molar-refractivity contribution in [2.45, 2.75) is 33.8 Å². The number of hydrogen-bond donors (Lipinski definition) is 1. The Labute approximate surface area is 136 Å². The lowest BCUT2D eigenvalue weighted by atomic mass is 9.90. The fourth-order valence-corrected chi connectivity index (χ4v) is 3.96. The fourth-order valence-electron chi connectivity index (χ4n) is 2.70. The standard InChI is InChI=1S/C16H24N2O3S/c1-9(2)12-7-18-11(6-13(19)17-5)8-22-15(18)14(12)16(20)21-10(3)4/h6,9-10,12H,7-8H2,1-5H3,(H,17,19). The van der Waals surface area contributed by atoms with Gasteiger partial charge in [-0.15, -0.1) is 11.8 Å². The second-order valence-electron chi connectivity index (χ2n) is 6.17. The first-order chi connectivity index (χ1) is 10.3. The highest BCUT2D eigenvalue weighted by atomic mass is 32.2. The van der Waals surface area contributed by atoms with Crippen LogP contribution in [0.1, 0.15) is 27.7 Å². The largest absolute Gasteiger partial charge is 0.460 e. The Hall–Kier alpha value is -1.43. The van der Waals surface area contributed by atoms with Gasteiger partial charge in [0.25, 0.3) is 0 Å². The number of carbonyl (C=O) groups is 2. The third-order valence-electron chi connectivity index (χ3n) is 3.84. The van der Waals surface area contributed by atoms with Crippen LogP contribution in [0.15, 0.2) is 22.4 Å². The van der Waals surface area contributed by atoms with Gasteiger partial charge in [0, 0.05) is 37.0 Å². The average molecular weight is 324 g/mol. The average Bonchev–Trinajstić information content (AvgIpc) is 2.97. The first-order valence-corrected chi connectivity index (χ1v) is 8.61. The quantitative estimate of drug-likeness (QED) is 0.634. The summed E-state index contributed by atoms with van der Waals surface area (Å²) in [6.07, 6.45) is 1.49. The Balaban J connectivity index is 2.33. The Kier molecular flexibility index (Phi) is 5.21. The van der Waals surface area contributed by atoms with E-state index in [1.165, 1.54) is 0 Å². The van der Waals surface area contributed by atoms with Gasteiger partial charge in [-0.25, -0.2) is 4.79 Å². The van der Waals surface area contributed by atoms with E-state index in [0.29, 0.717) is 11.7 Å². The van der Waals surface area contributed by atoms with Crippen molar-refractivity contribution in [3.05, 3.63) is 22.4 Å². The molecule has 2 aliphatic heterocycles. The van der Waals surface area contributed by atoms with Crippen LogP contribution in [0.25, 0.3) is 0 Å². The third kappa shape index (κ3) is 3.32. The van der Waals surface area contributed by atoms with E-state index < -0.39 is 0 Å². The molecule has 6 heteroatoms. The van der Waals surface area contributed by atoms with E-state index in [0.717, 1.165) is 22.8 Å². The predicted molar refractivity (Wildman–Crippen MR) is 87.9 cm³/mol. The van der Waals surface area contributed by atoms with Crippen molar-refractivity contribution in [2.75, 3.05) is 19.3 Å². The molecule has 0 bridgehead atoms. The van der Waals surface area contributed by atoms with E-state index in [4.69, 9.17) is 4.74 Å². The molecule has 1 unspecified atom stereocenters. The molecule has 2 aliphatic rings. The molecule has 0 aromatic rings. The molecule has 2 heterocycles. The van der Waals surface area contributed by atoms with E-state index >= 15 is 0 Å². The Morgan fingerprint density at radius 2 is 2.05 bits per heavy atom. The van der Waals surface area contributed by atoms with Gasteiger partial charge in [0.15, 0.2) is 0 Å². The number of esters is 1. The maximum Gasteiger partial charge on any atom is 0.337 e. The smallest absolute Gasteiger partial charge is 0.337 e. The van der Waals surface area contributed by atoms with Gasteiger partial charge in [0.1, 0.15) is 0 Å². The van der Waals surface area contributed by atoms with Crippen LogP contribution in [0.3, 0.4) is 0 Å². The van der Waals surface area contributed by atoms with Crippen molar-refractivity contribution in [1.29, 1.82) is 0 Å². The van der Waals surface area contributed by atoms with Crippen molar-refractivity contribution in [2.24, 2.45) is 11.8 Å². The van der Waals surface area contributed by atoms with Gasteiger partial charge in [-0.3, -0.25) is 4.79 Å². The number of ether oxygens (including phenoxy) is 1. The van der Waals surface area contributed by atoms with E-state index in [9.17, 15) is 9.59 Å². The van der Waals surface area contributed by atoms with Crippen LogP contribution < -0.4 is 5.32 Å². The summed E-state index contributed by atoms with van der Waals surface area (Å²) >= 11 is 1.61. The van der Waals surface area contributed by atoms with Crippen LogP contribution in [-0.4, -0.2) is 42.2 Å². The van der Waals surface area contributed by atoms with Gasteiger partial charge in [-0.1, -0.05) is 13.8 Å². The highest BCUT2D eigenvalue weighted by Gasteiger charge is 2.42. The van der Waals surface area contributed by atoms with Crippen molar-refractivity contribution in [3.63, 3.8) is 0 Å². The van der Waals surface area contributed by atoms with Crippen LogP contribution in [0.4, 0.5) is 0 Å². The summed E-state index contributed by atoms with van der Waals surface area (Å²) in [5.74, 6) is 0.860. The first-order valence-electron chi connectivity index (χ1n) is 7.62. The molecular weight excluding hydrogens is 300 g/mol. The lowest BCUT2D eigenvalue weighted by molar-refractivity contribution is -0.143. The number of likely N-dealkylation sites (N-methyl/N-ethyl adjacent to an activating group) is 1. The summed E-state index contributed by atoms with van der Waals surface area (Å²) in [7, 11) is 1.62. The zero-order valence-electron chi connectivity index (χ0n) is 13.8. The molecule has 0 aromatic heterocycles. The zero-order chi connectivity index (χ0) is 16.4. The fraction of sp³-hybridized carbons (Fsp3) is 0.625. The summed E-state index contributed by atoms with van der Waals surface area (Å²) in [5.41, 5.74) is 1.73. The van der Waals surface area contributed by atoms with E-state index in [1.54, 1.807) is 24.9 Å². The van der Waals surface area contributed by atoms with E-state index in [1.807, 2.05) is 13.8 Å². The zero-order valence-corrected chi connectivity index (χ0v) is 14.6. The number of amides is 1. The molecule has 0 aliphatic carbocycles. The van der Waals surface area contributed by atoms with Gasteiger partial charge >= 0.3 is 5.97 Å². The molecule has 1 fully saturated rings. The number of fused-ring (bicyclic) bond motifs is 1. The minimum absolute atomic E-state index is 0.115. The van der Waals surface area contributed by atoms with Crippen molar-refractivity contribution in [3.8, 4) is 0 Å². The molecule has 2 rings (SSSR count). The molecule has 1 N–H and O–H groups in total. The summed E-state index contributed by atoms with van der Waals surface area (Å²) in [6, 6.07) is 0. The SMILES string of the molecule is CNC(=O)C=C1CSC2=C(C(=O)OC(C)C)C(C(C)C)CN12. The second-order valence-corrected chi connectivity index (χ2v) is 7.14. The van der Waals surface area contributed by atoms with Crippen LogP contribution in [-0.2, 0) is 14.3 Å². The molecule has 0 spiro atoms. The van der Waals surface area contributed by atoms with Gasteiger partial charge in [0.05, 0.1) is 16.7 Å². The maximum absolute atomic E-state index is 12.5. The second kappa shape index (κ2) is 6.77. The molecule has 122 valence electrons. The molecule has 0 aromatic carbocycles. The molecule has 1 atom stereocenters. The normalized spacial score (nSPS) is 22.8. The minimum Gasteiger partial charge on any atom is -0.460 e. The lowest BCUT2D eigenvalue weighted by Crippen LogP contribution is -2.25. The predicted octanol–water partition coefficient (Wildman–Crippen LogP) is 2.11. The summed E-state index contributed by atoms with van der Waals surface area (Å²) < 4.78 is 5.42. The molecular formula is C16H24N2O3S. The number of nitrogens with zero attached hydrogens (tertiary/aromatic N) is 1. The van der Waals surface area contributed by atoms with Crippen molar-refractivity contribution in [1.82, 2.24) is 10.2 Å². The summed E-state index contributed by atoms with van der Waals surface area (Å²) in [6.45, 7) is 8.69. The van der Waals surface area contributed by atoms with Gasteiger partial charge in [-0.05, 0) is 19.8 Å². The summed E-state index contributed by atoms with van der Waals surface area (Å²) in [5, 5.41) is 3.56. The van der Waals surface area contributed by atoms with Crippen LogP contribution in [0, 0.1) is 11.8 Å². The molecule has 22 heavy (non-hydrogen) atoms. The Bertz CT molecular complexity index is 538. The molecule has 0 radical (unpaired) electrons. The highest BCUT2D eigenvalue weighted by molar-refractivity contribution is 8.03. The van der Waals surface area contributed by atoms with Crippen molar-refractivity contribution >= 4 is 23.6 Å². The molecule has 5 nitrogen and oxygen atoms in total. The first kappa shape index (κ1) is 16.9. The number of hydrogen-bond acceptors (Lipinski definition) is 5. The van der Waals surface area contributed by atoms with E-state index in [2.05, 4.69) is 24.1 Å². The lowest BCUT2D eigenvalue weighted by Gasteiger charge is -2.20. The topological polar surface area (TPSA) is 58.6 Å². The van der Waals surface area contributed by atoms with Crippen LogP contribution in [0.2, 0.25) is 0 Å². The monoisotopic (exact) mass is 324 g/mol. The Morgan fingerprint density at radius 3 is 2.59 bits per heavy atom. The molecule has 1 amide bonds. The van der Waals surface area contributed by atoms with Crippen LogP contribution in [0.5, 0.6) is 0 Å². The number of carbonyl (C=O) groups excluding carboxylic acids is 2. The third-order valence-corrected chi connectivity index (χ3v) is 4.99. The molecule has 0 saturated carbocycles. The Morgan fingerprint density at radius 1 is 1.36 bits per heavy atom. The van der Waals surface area contributed by atoms with Gasteiger partial charge in [0.2, 0.25) is 5.91 Å². The molecule has 1 saturated heterocycles. The minimum atomic E-state index is -0.222. The maximum atomic E-state index is 12.5. The highest BCUT2D eigenvalue weighted by Crippen LogP contribution is 2.47. The number of nitrogens with one attached hydrogen (secondary N) is 1. The van der Waals surface area contributed by atoms with Crippen molar-refractivity contribution < 1.29 is 14.3 Å². The van der Waals surface area contributed by atoms with Gasteiger partial charge in [-0.2, -0.15) is 0 Å².